The van der Waals surface area contributed by atoms with Crippen molar-refractivity contribution in [2.24, 2.45) is 17.8 Å². The summed E-state index contributed by atoms with van der Waals surface area (Å²) in [4.78, 5) is 99.9. The van der Waals surface area contributed by atoms with E-state index in [0.717, 1.165) is 136 Å². The van der Waals surface area contributed by atoms with Gasteiger partial charge >= 0.3 is 18.3 Å². The minimum atomic E-state index is -0.377. The number of piperidine rings is 3. The van der Waals surface area contributed by atoms with Gasteiger partial charge in [0.1, 0.15) is 0 Å². The molecule has 19 heteroatoms. The van der Waals surface area contributed by atoms with Crippen molar-refractivity contribution < 1.29 is 47.8 Å². The maximum absolute atomic E-state index is 12.6. The normalized spacial score (nSPS) is 31.9. The third-order valence-electron chi connectivity index (χ3n) is 20.3. The summed E-state index contributed by atoms with van der Waals surface area (Å²) in [6.45, 7) is 17.0. The van der Waals surface area contributed by atoms with E-state index in [1.807, 2.05) is 23.6 Å². The molecule has 79 heavy (non-hydrogen) atoms. The Bertz CT molecular complexity index is 1970. The van der Waals surface area contributed by atoms with Crippen LogP contribution < -0.4 is 5.32 Å². The summed E-state index contributed by atoms with van der Waals surface area (Å²) < 4.78 is 15.0. The molecule has 0 aromatic rings. The molecule has 9 heterocycles. The van der Waals surface area contributed by atoms with Crippen molar-refractivity contribution in [2.75, 3.05) is 98.4 Å². The first-order chi connectivity index (χ1) is 38.4. The van der Waals surface area contributed by atoms with Crippen molar-refractivity contribution >= 4 is 41.8 Å². The van der Waals surface area contributed by atoms with Gasteiger partial charge in [-0.3, -0.25) is 29.0 Å². The van der Waals surface area contributed by atoms with E-state index in [0.29, 0.717) is 117 Å². The zero-order valence-electron chi connectivity index (χ0n) is 48.6. The predicted molar refractivity (Wildman–Crippen MR) is 299 cm³/mol. The number of ether oxygens (including phenoxy) is 3. The highest BCUT2D eigenvalue weighted by Crippen LogP contribution is 2.42. The fourth-order valence-electron chi connectivity index (χ4n) is 16.3. The van der Waals surface area contributed by atoms with Crippen LogP contribution in [0.15, 0.2) is 0 Å². The van der Waals surface area contributed by atoms with Crippen LogP contribution in [-0.2, 0) is 33.4 Å². The summed E-state index contributed by atoms with van der Waals surface area (Å²) in [7, 11) is 0. The zero-order valence-corrected chi connectivity index (χ0v) is 48.6. The first-order valence-electron chi connectivity index (χ1n) is 31.8. The minimum Gasteiger partial charge on any atom is -0.450 e. The van der Waals surface area contributed by atoms with Crippen molar-refractivity contribution in [3.63, 3.8) is 0 Å². The molecule has 9 aliphatic heterocycles. The number of hydrogen-bond acceptors (Lipinski definition) is 13. The van der Waals surface area contributed by atoms with Crippen LogP contribution in [0.4, 0.5) is 14.4 Å². The smallest absolute Gasteiger partial charge is 0.410 e. The summed E-state index contributed by atoms with van der Waals surface area (Å²) in [6, 6.07) is 3.99. The second-order valence-corrected chi connectivity index (χ2v) is 25.0. The molecule has 0 spiro atoms. The zero-order chi connectivity index (χ0) is 55.4. The van der Waals surface area contributed by atoms with E-state index < -0.39 is 0 Å². The molecule has 12 fully saturated rings. The standard InChI is InChI=1S/2C20H33N3O3.C13H22N2O.C7H11NO3/c2*1-2-26-20(25)22-12-9-17(14-22)21-10-7-16(8-11-21)23-18-6-4-3-5-15(18)13-19(23)24;16-13-9-10-3-1-2-4-12(10)15(13)11-5-7-14-8-6-11;1-2-11-7(10)8-4-3-6(9)5-8/h2*15-18H,2-14H2,1H3;10-12,14H,1-9H2;2-5H2,1H3/t15-,17+,18+;15-,17-,18+;10-,12+;/m111./s1. The van der Waals surface area contributed by atoms with Crippen LogP contribution in [0.3, 0.4) is 0 Å². The molecule has 3 aliphatic carbocycles. The monoisotopic (exact) mass is 1110 g/mol. The van der Waals surface area contributed by atoms with Crippen molar-refractivity contribution in [3.05, 3.63) is 0 Å². The van der Waals surface area contributed by atoms with Crippen LogP contribution >= 0.6 is 0 Å². The molecule has 3 saturated carbocycles. The molecule has 1 N–H and O–H groups in total. The number of ketones is 1. The first-order valence-corrected chi connectivity index (χ1v) is 31.8. The lowest BCUT2D eigenvalue weighted by Crippen LogP contribution is -2.52. The maximum atomic E-state index is 12.6. The Morgan fingerprint density at radius 3 is 1.11 bits per heavy atom. The summed E-state index contributed by atoms with van der Waals surface area (Å²) in [5.41, 5.74) is 0. The van der Waals surface area contributed by atoms with Gasteiger partial charge in [-0.1, -0.05) is 38.5 Å². The van der Waals surface area contributed by atoms with Crippen LogP contribution in [0.25, 0.3) is 0 Å². The van der Waals surface area contributed by atoms with E-state index >= 15 is 0 Å². The SMILES string of the molecule is CCOC(=O)N1CCC(=O)C1.CCOC(=O)N1CC[C@@H](N2CCC(N3C(=O)C[C@H]4CCCC[C@@H]43)CC2)C1.CCOC(=O)N1CC[C@H](N2CCC(N3C(=O)C[C@H]4CCCC[C@@H]43)CC2)C1.O=C1C[C@H]2CCCC[C@@H]2N1C1CCNCC1. The lowest BCUT2D eigenvalue weighted by Gasteiger charge is -2.42. The van der Waals surface area contributed by atoms with Gasteiger partial charge in [-0.25, -0.2) is 14.4 Å². The average molecular weight is 1110 g/mol. The lowest BCUT2D eigenvalue weighted by atomic mass is 9.84. The van der Waals surface area contributed by atoms with Gasteiger partial charge in [-0.05, 0) is 142 Å². The van der Waals surface area contributed by atoms with Gasteiger partial charge in [0.25, 0.3) is 0 Å². The van der Waals surface area contributed by atoms with Crippen LogP contribution in [0.1, 0.15) is 175 Å². The van der Waals surface area contributed by atoms with E-state index in [-0.39, 0.29) is 30.6 Å². The number of fused-ring (bicyclic) bond motifs is 3. The molecular weight excluding hydrogens is 1010 g/mol. The van der Waals surface area contributed by atoms with E-state index in [1.165, 1.54) is 81.9 Å². The Kier molecular flexibility index (Phi) is 21.5. The molecule has 6 amide bonds. The molecule has 444 valence electrons. The Balaban J connectivity index is 0.000000134. The van der Waals surface area contributed by atoms with Crippen molar-refractivity contribution in [3.8, 4) is 0 Å². The number of carbonyl (C=O) groups is 7. The molecule has 0 aromatic heterocycles. The second-order valence-electron chi connectivity index (χ2n) is 25.0. The van der Waals surface area contributed by atoms with Crippen molar-refractivity contribution in [2.45, 2.75) is 223 Å². The first kappa shape index (κ1) is 59.4. The molecule has 0 aromatic carbocycles. The molecule has 0 bridgehead atoms. The number of amides is 6. The lowest BCUT2D eigenvalue weighted by molar-refractivity contribution is -0.133. The Morgan fingerprint density at radius 1 is 0.418 bits per heavy atom. The van der Waals surface area contributed by atoms with Crippen molar-refractivity contribution in [1.82, 2.24) is 44.5 Å². The number of Topliss-reactive ketones (excluding diaryl/α,β-unsaturated/α-hetero) is 1. The predicted octanol–water partition coefficient (Wildman–Crippen LogP) is 6.89. The van der Waals surface area contributed by atoms with Gasteiger partial charge in [0.2, 0.25) is 17.7 Å². The number of likely N-dealkylation sites (tertiary alicyclic amines) is 8. The Morgan fingerprint density at radius 2 is 0.759 bits per heavy atom. The Labute approximate surface area is 471 Å². The van der Waals surface area contributed by atoms with E-state index in [4.69, 9.17) is 14.2 Å². The van der Waals surface area contributed by atoms with Gasteiger partial charge < -0.3 is 48.9 Å². The topological polar surface area (TPSA) is 185 Å². The molecule has 9 saturated heterocycles. The number of nitrogens with one attached hydrogen (secondary N) is 1. The van der Waals surface area contributed by atoms with Gasteiger partial charge in [-0.15, -0.1) is 0 Å². The molecule has 0 unspecified atom stereocenters. The van der Waals surface area contributed by atoms with E-state index in [2.05, 4.69) is 29.8 Å². The fraction of sp³-hybridized carbons (Fsp3) is 0.883. The van der Waals surface area contributed by atoms with Crippen molar-refractivity contribution in [1.29, 1.82) is 0 Å². The van der Waals surface area contributed by atoms with Crippen LogP contribution in [-0.4, -0.2) is 228 Å². The molecular formula is C60H99N9O10. The highest BCUT2D eigenvalue weighted by molar-refractivity contribution is 5.87. The van der Waals surface area contributed by atoms with Gasteiger partial charge in [0.15, 0.2) is 5.78 Å². The average Bonchev–Trinajstić information content (AvgIpc) is 4.44. The Hall–Kier alpha value is -4.23. The summed E-state index contributed by atoms with van der Waals surface area (Å²) >= 11 is 0. The van der Waals surface area contributed by atoms with Crippen LogP contribution in [0, 0.1) is 17.8 Å². The second kappa shape index (κ2) is 28.6. The highest BCUT2D eigenvalue weighted by atomic mass is 16.6. The third-order valence-corrected chi connectivity index (χ3v) is 20.3. The molecule has 8 atom stereocenters. The number of nitrogens with zero attached hydrogens (tertiary/aromatic N) is 8. The highest BCUT2D eigenvalue weighted by Gasteiger charge is 2.48. The molecule has 0 radical (unpaired) electrons. The summed E-state index contributed by atoms with van der Waals surface area (Å²) in [5.74, 6) is 3.33. The number of hydrogen-bond donors (Lipinski definition) is 1. The summed E-state index contributed by atoms with van der Waals surface area (Å²) in [5, 5.41) is 3.39. The van der Waals surface area contributed by atoms with Gasteiger partial charge in [-0.2, -0.15) is 0 Å². The van der Waals surface area contributed by atoms with Crippen LogP contribution in [0.5, 0.6) is 0 Å². The molecule has 12 aliphatic rings. The van der Waals surface area contributed by atoms with Gasteiger partial charge in [0.05, 0.1) is 26.4 Å². The van der Waals surface area contributed by atoms with Gasteiger partial charge in [0, 0.05) is 133 Å². The number of carbonyl (C=O) groups excluding carboxylic acids is 7. The fourth-order valence-corrected chi connectivity index (χ4v) is 16.3. The number of rotatable bonds is 8. The maximum Gasteiger partial charge on any atom is 0.410 e. The van der Waals surface area contributed by atoms with E-state index in [1.54, 1.807) is 6.92 Å². The largest absolute Gasteiger partial charge is 0.450 e. The minimum absolute atomic E-state index is 0.109. The molecule has 12 rings (SSSR count). The summed E-state index contributed by atoms with van der Waals surface area (Å²) in [6.07, 6.45) is 26.3. The van der Waals surface area contributed by atoms with E-state index in [9.17, 15) is 33.6 Å². The quantitative estimate of drug-likeness (QED) is 0.248. The third kappa shape index (κ3) is 14.7. The molecule has 19 nitrogen and oxygen atoms in total. The van der Waals surface area contributed by atoms with Crippen LogP contribution in [0.2, 0.25) is 0 Å².